The normalized spacial score (nSPS) is 12.4. The number of ketones is 1. The Balaban J connectivity index is 1.93. The van der Waals surface area contributed by atoms with Gasteiger partial charge >= 0.3 is 5.97 Å². The van der Waals surface area contributed by atoms with Crippen LogP contribution in [0.2, 0.25) is 0 Å². The summed E-state index contributed by atoms with van der Waals surface area (Å²) in [5.74, 6) is -1.94. The highest BCUT2D eigenvalue weighted by Crippen LogP contribution is 2.16. The molecule has 0 aliphatic rings. The van der Waals surface area contributed by atoms with Crippen molar-refractivity contribution < 1.29 is 23.9 Å². The molecular weight excluding hydrogens is 360 g/mol. The van der Waals surface area contributed by atoms with Crippen LogP contribution in [0.25, 0.3) is 0 Å². The summed E-state index contributed by atoms with van der Waals surface area (Å²) >= 11 is 0. The van der Waals surface area contributed by atoms with Gasteiger partial charge in [-0.1, -0.05) is 30.3 Å². The van der Waals surface area contributed by atoms with Gasteiger partial charge in [-0.2, -0.15) is 0 Å². The average molecular weight is 382 g/mol. The van der Waals surface area contributed by atoms with Crippen LogP contribution in [0, 0.1) is 0 Å². The summed E-state index contributed by atoms with van der Waals surface area (Å²) in [6, 6.07) is 14.1. The van der Waals surface area contributed by atoms with E-state index >= 15 is 0 Å². The monoisotopic (exact) mass is 382 g/mol. The fraction of sp³-hybridized carbons (Fsp3) is 0.238. The molecule has 2 atom stereocenters. The van der Waals surface area contributed by atoms with Gasteiger partial charge < -0.3 is 15.4 Å². The van der Waals surface area contributed by atoms with Crippen molar-refractivity contribution >= 4 is 29.3 Å². The van der Waals surface area contributed by atoms with Crippen LogP contribution >= 0.6 is 0 Å². The van der Waals surface area contributed by atoms with E-state index < -0.39 is 29.9 Å². The van der Waals surface area contributed by atoms with E-state index in [-0.39, 0.29) is 5.78 Å². The molecule has 2 rings (SSSR count). The van der Waals surface area contributed by atoms with Gasteiger partial charge in [0.05, 0.1) is 5.69 Å². The second-order valence-electron chi connectivity index (χ2n) is 6.23. The van der Waals surface area contributed by atoms with Gasteiger partial charge in [-0.3, -0.25) is 14.4 Å². The largest absolute Gasteiger partial charge is 0.451 e. The van der Waals surface area contributed by atoms with Crippen LogP contribution in [0.1, 0.15) is 41.5 Å². The second-order valence-corrected chi connectivity index (χ2v) is 6.23. The van der Waals surface area contributed by atoms with Gasteiger partial charge in [-0.25, -0.2) is 4.79 Å². The van der Waals surface area contributed by atoms with Gasteiger partial charge in [0.1, 0.15) is 6.04 Å². The highest BCUT2D eigenvalue weighted by molar-refractivity contribution is 6.05. The highest BCUT2D eigenvalue weighted by Gasteiger charge is 2.24. The molecule has 0 aliphatic carbocycles. The number of ether oxygens (including phenoxy) is 1. The number of carbonyl (C=O) groups excluding carboxylic acids is 4. The van der Waals surface area contributed by atoms with E-state index in [1.165, 1.54) is 20.8 Å². The van der Waals surface area contributed by atoms with E-state index in [1.54, 1.807) is 54.6 Å². The molecule has 0 saturated heterocycles. The summed E-state index contributed by atoms with van der Waals surface area (Å²) in [6.07, 6.45) is -1.11. The topological polar surface area (TPSA) is 102 Å². The quantitative estimate of drug-likeness (QED) is 0.566. The molecule has 0 radical (unpaired) electrons. The lowest BCUT2D eigenvalue weighted by molar-refractivity contribution is -0.154. The summed E-state index contributed by atoms with van der Waals surface area (Å²) in [5.41, 5.74) is 1.11. The van der Waals surface area contributed by atoms with Gasteiger partial charge in [0, 0.05) is 11.1 Å². The van der Waals surface area contributed by atoms with E-state index in [1.807, 2.05) is 0 Å². The predicted octanol–water partition coefficient (Wildman–Crippen LogP) is 2.58. The van der Waals surface area contributed by atoms with Crippen molar-refractivity contribution in [2.24, 2.45) is 0 Å². The Bertz CT molecular complexity index is 879. The van der Waals surface area contributed by atoms with E-state index in [9.17, 15) is 19.2 Å². The molecule has 2 aromatic rings. The van der Waals surface area contributed by atoms with Crippen LogP contribution < -0.4 is 10.6 Å². The summed E-state index contributed by atoms with van der Waals surface area (Å²) in [5, 5.41) is 5.10. The molecule has 146 valence electrons. The molecule has 1 unspecified atom stereocenters. The molecule has 2 amide bonds. The van der Waals surface area contributed by atoms with Crippen LogP contribution in [-0.2, 0) is 14.3 Å². The van der Waals surface area contributed by atoms with E-state index in [0.29, 0.717) is 16.8 Å². The minimum absolute atomic E-state index is 0.196. The van der Waals surface area contributed by atoms with Crippen molar-refractivity contribution in [1.29, 1.82) is 0 Å². The van der Waals surface area contributed by atoms with Gasteiger partial charge in [0.2, 0.25) is 0 Å². The summed E-state index contributed by atoms with van der Waals surface area (Å²) in [7, 11) is 0. The van der Waals surface area contributed by atoms with E-state index in [4.69, 9.17) is 4.74 Å². The van der Waals surface area contributed by atoms with Crippen LogP contribution in [0.5, 0.6) is 0 Å². The van der Waals surface area contributed by atoms with Crippen molar-refractivity contribution in [3.8, 4) is 0 Å². The Morgan fingerprint density at radius 1 is 0.893 bits per heavy atom. The maximum absolute atomic E-state index is 12.3. The van der Waals surface area contributed by atoms with Crippen molar-refractivity contribution in [3.63, 3.8) is 0 Å². The number of rotatable bonds is 7. The Morgan fingerprint density at radius 3 is 2.14 bits per heavy atom. The van der Waals surface area contributed by atoms with E-state index in [2.05, 4.69) is 10.6 Å². The number of esters is 1. The van der Waals surface area contributed by atoms with Crippen LogP contribution in [0.3, 0.4) is 0 Å². The van der Waals surface area contributed by atoms with Gasteiger partial charge in [-0.05, 0) is 45.0 Å². The minimum atomic E-state index is -1.11. The zero-order chi connectivity index (χ0) is 20.7. The number of anilines is 1. The summed E-state index contributed by atoms with van der Waals surface area (Å²) < 4.78 is 5.13. The summed E-state index contributed by atoms with van der Waals surface area (Å²) in [4.78, 5) is 48.2. The van der Waals surface area contributed by atoms with E-state index in [0.717, 1.165) is 0 Å². The molecule has 7 heteroatoms. The number of amides is 2. The first-order chi connectivity index (χ1) is 13.3. The Kier molecular flexibility index (Phi) is 7.03. The minimum Gasteiger partial charge on any atom is -0.451 e. The number of hydrogen-bond donors (Lipinski definition) is 2. The number of hydrogen-bond acceptors (Lipinski definition) is 5. The van der Waals surface area contributed by atoms with Gasteiger partial charge in [-0.15, -0.1) is 0 Å². The Hall–Kier alpha value is -3.48. The maximum Gasteiger partial charge on any atom is 0.329 e. The molecule has 0 spiro atoms. The van der Waals surface area contributed by atoms with Crippen molar-refractivity contribution in [2.75, 3.05) is 5.32 Å². The molecule has 0 aromatic heterocycles. The Morgan fingerprint density at radius 2 is 1.50 bits per heavy atom. The first-order valence-corrected chi connectivity index (χ1v) is 8.77. The zero-order valence-electron chi connectivity index (χ0n) is 15.9. The smallest absolute Gasteiger partial charge is 0.329 e. The lowest BCUT2D eigenvalue weighted by Crippen LogP contribution is -2.42. The third-order valence-corrected chi connectivity index (χ3v) is 3.96. The molecule has 28 heavy (non-hydrogen) atoms. The average Bonchev–Trinajstić information content (AvgIpc) is 2.68. The molecule has 2 N–H and O–H groups in total. The standard InChI is InChI=1S/C21H22N2O5/c1-13(22-20(26)16-9-5-4-6-10-16)21(27)28-15(3)19(25)23-18-12-8-7-11-17(18)14(2)24/h4-13,15H,1-3H3,(H,22,26)(H,23,25)/t13-,15?/m0/s1. The zero-order valence-corrected chi connectivity index (χ0v) is 15.9. The predicted molar refractivity (Wildman–Crippen MR) is 104 cm³/mol. The number of para-hydroxylation sites is 1. The molecule has 0 bridgehead atoms. The number of Topliss-reactive ketones (excluding diaryl/α,β-unsaturated/α-hetero) is 1. The number of nitrogens with one attached hydrogen (secondary N) is 2. The van der Waals surface area contributed by atoms with Gasteiger partial charge in [0.25, 0.3) is 11.8 Å². The lowest BCUT2D eigenvalue weighted by atomic mass is 10.1. The Labute approximate surface area is 163 Å². The number of carbonyl (C=O) groups is 4. The molecular formula is C21H22N2O5. The van der Waals surface area contributed by atoms with Gasteiger partial charge in [0.15, 0.2) is 11.9 Å². The molecule has 0 fully saturated rings. The fourth-order valence-electron chi connectivity index (χ4n) is 2.39. The molecule has 2 aromatic carbocycles. The molecule has 0 heterocycles. The maximum atomic E-state index is 12.3. The first-order valence-electron chi connectivity index (χ1n) is 8.77. The van der Waals surface area contributed by atoms with Crippen molar-refractivity contribution in [2.45, 2.75) is 32.9 Å². The van der Waals surface area contributed by atoms with Crippen LogP contribution in [0.4, 0.5) is 5.69 Å². The van der Waals surface area contributed by atoms with Crippen molar-refractivity contribution in [3.05, 3.63) is 65.7 Å². The molecule has 0 saturated carbocycles. The third kappa shape index (κ3) is 5.51. The third-order valence-electron chi connectivity index (χ3n) is 3.96. The molecule has 7 nitrogen and oxygen atoms in total. The number of benzene rings is 2. The fourth-order valence-corrected chi connectivity index (χ4v) is 2.39. The summed E-state index contributed by atoms with van der Waals surface area (Å²) in [6.45, 7) is 4.28. The lowest BCUT2D eigenvalue weighted by Gasteiger charge is -2.18. The van der Waals surface area contributed by atoms with Crippen LogP contribution in [0.15, 0.2) is 54.6 Å². The van der Waals surface area contributed by atoms with Crippen molar-refractivity contribution in [1.82, 2.24) is 5.32 Å². The second kappa shape index (κ2) is 9.45. The van der Waals surface area contributed by atoms with Crippen LogP contribution in [-0.4, -0.2) is 35.7 Å². The first kappa shape index (κ1) is 20.8. The highest BCUT2D eigenvalue weighted by atomic mass is 16.5. The molecule has 0 aliphatic heterocycles. The SMILES string of the molecule is CC(=O)c1ccccc1NC(=O)C(C)OC(=O)[C@H](C)NC(=O)c1ccccc1.